The Hall–Kier alpha value is 0.571. The van der Waals surface area contributed by atoms with Gasteiger partial charge < -0.3 is 8.13 Å². The molecule has 0 radical (unpaired) electrons. The first-order valence-electron chi connectivity index (χ1n) is 4.98. The molecular weight excluding hydrogens is 196 g/mol. The van der Waals surface area contributed by atoms with Crippen molar-refractivity contribution in [3.8, 4) is 0 Å². The fraction of sp³-hybridized carbons (Fsp3) is 1.00. The summed E-state index contributed by atoms with van der Waals surface area (Å²) in [5, 5.41) is 0. The quantitative estimate of drug-likeness (QED) is 0.642. The summed E-state index contributed by atoms with van der Waals surface area (Å²) in [5.74, 6) is 0. The minimum atomic E-state index is -1.05. The minimum absolute atomic E-state index is 0.498. The van der Waals surface area contributed by atoms with Gasteiger partial charge in [-0.1, -0.05) is 20.0 Å². The molecule has 5 heteroatoms. The van der Waals surface area contributed by atoms with Gasteiger partial charge in [0.15, 0.2) is 17.5 Å². The van der Waals surface area contributed by atoms with E-state index in [9.17, 15) is 0 Å². The second-order valence-corrected chi connectivity index (χ2v) is 15.8. The van der Waals surface area contributed by atoms with E-state index in [4.69, 9.17) is 0 Å². The number of hydrogen-bond donors (Lipinski definition) is 0. The molecule has 0 amide bonds. The Morgan fingerprint density at radius 3 is 2.08 bits per heavy atom. The Labute approximate surface area is 81.2 Å². The molecule has 1 unspecified atom stereocenters. The van der Waals surface area contributed by atoms with E-state index in [2.05, 4.69) is 47.8 Å². The van der Waals surface area contributed by atoms with E-state index in [1.54, 1.807) is 0 Å². The first-order valence-corrected chi connectivity index (χ1v) is 12.9. The third-order valence-corrected chi connectivity index (χ3v) is 21.8. The van der Waals surface area contributed by atoms with Crippen LogP contribution in [0.15, 0.2) is 0 Å². The Morgan fingerprint density at radius 2 is 1.83 bits per heavy atom. The van der Waals surface area contributed by atoms with Gasteiger partial charge in [-0.2, -0.15) is 0 Å². The van der Waals surface area contributed by atoms with Crippen LogP contribution in [-0.2, 0) is 0 Å². The standard InChI is InChI=1S/C7H22N2Si3/c1-7-8-11(4)9(10(2)3)12(8,5)6/h10-11H,7H2,1-6H3. The molecule has 0 bridgehead atoms. The van der Waals surface area contributed by atoms with Gasteiger partial charge in [-0.3, -0.25) is 0 Å². The summed E-state index contributed by atoms with van der Waals surface area (Å²) in [5.41, 5.74) is 0. The summed E-state index contributed by atoms with van der Waals surface area (Å²) < 4.78 is 5.80. The van der Waals surface area contributed by atoms with Gasteiger partial charge in [0, 0.05) is 0 Å². The maximum Gasteiger partial charge on any atom is 0.181 e. The summed E-state index contributed by atoms with van der Waals surface area (Å²) in [6, 6.07) is 0. The van der Waals surface area contributed by atoms with Gasteiger partial charge in [-0.15, -0.1) is 0 Å². The summed E-state index contributed by atoms with van der Waals surface area (Å²) in [7, 11) is -2.14. The van der Waals surface area contributed by atoms with Crippen LogP contribution in [0.3, 0.4) is 0 Å². The maximum absolute atomic E-state index is 2.97. The van der Waals surface area contributed by atoms with Crippen LogP contribution >= 0.6 is 0 Å². The van der Waals surface area contributed by atoms with Crippen LogP contribution in [0.5, 0.6) is 0 Å². The molecule has 0 aromatic carbocycles. The first-order chi connectivity index (χ1) is 5.42. The first kappa shape index (κ1) is 10.7. The zero-order valence-electron chi connectivity index (χ0n) is 9.26. The number of hydrogen-bond acceptors (Lipinski definition) is 2. The lowest BCUT2D eigenvalue weighted by molar-refractivity contribution is 0.521. The fourth-order valence-electron chi connectivity index (χ4n) is 2.87. The van der Waals surface area contributed by atoms with Crippen LogP contribution in [0.4, 0.5) is 0 Å². The summed E-state index contributed by atoms with van der Waals surface area (Å²) in [6.45, 7) is 16.1. The van der Waals surface area contributed by atoms with Crippen molar-refractivity contribution in [1.82, 2.24) is 8.13 Å². The van der Waals surface area contributed by atoms with E-state index < -0.39 is 26.5 Å². The monoisotopic (exact) mass is 218 g/mol. The Balaban J connectivity index is 2.70. The molecule has 0 N–H and O–H groups in total. The zero-order chi connectivity index (χ0) is 9.52. The largest absolute Gasteiger partial charge is 0.350 e. The fourth-order valence-corrected chi connectivity index (χ4v) is 23.1. The Kier molecular flexibility index (Phi) is 3.00. The Bertz CT molecular complexity index is 172. The lowest BCUT2D eigenvalue weighted by Crippen LogP contribution is -2.85. The van der Waals surface area contributed by atoms with E-state index in [1.165, 1.54) is 6.54 Å². The van der Waals surface area contributed by atoms with Crippen molar-refractivity contribution in [2.24, 2.45) is 0 Å². The highest BCUT2D eigenvalue weighted by molar-refractivity contribution is 7.03. The van der Waals surface area contributed by atoms with E-state index in [1.807, 2.05) is 0 Å². The smallest absolute Gasteiger partial charge is 0.181 e. The molecule has 0 aromatic heterocycles. The molecule has 1 aliphatic heterocycles. The SMILES string of the molecule is CCN1[SiH](C)N([SiH](C)C)[Si]1(C)C. The Morgan fingerprint density at radius 1 is 1.33 bits per heavy atom. The molecule has 0 saturated carbocycles. The lowest BCUT2D eigenvalue weighted by Gasteiger charge is -2.63. The molecule has 72 valence electrons. The second-order valence-electron chi connectivity index (χ2n) is 4.41. The molecule has 1 atom stereocenters. The van der Waals surface area contributed by atoms with E-state index in [0.717, 1.165) is 0 Å². The normalized spacial score (nSPS) is 30.8. The molecule has 0 aromatic rings. The zero-order valence-corrected chi connectivity index (χ0v) is 12.6. The highest BCUT2D eigenvalue weighted by Crippen LogP contribution is 2.30. The lowest BCUT2D eigenvalue weighted by atomic mass is 10.8. The van der Waals surface area contributed by atoms with Crippen LogP contribution in [-0.4, -0.2) is 41.1 Å². The molecule has 1 aliphatic rings. The van der Waals surface area contributed by atoms with Crippen LogP contribution in [0.2, 0.25) is 32.7 Å². The van der Waals surface area contributed by atoms with Crippen LogP contribution in [0.25, 0.3) is 0 Å². The van der Waals surface area contributed by atoms with Gasteiger partial charge in [-0.05, 0) is 26.2 Å². The average Bonchev–Trinajstić information content (AvgIpc) is 1.85. The van der Waals surface area contributed by atoms with Crippen molar-refractivity contribution in [2.45, 2.75) is 39.7 Å². The summed E-state index contributed by atoms with van der Waals surface area (Å²) in [4.78, 5) is 0. The van der Waals surface area contributed by atoms with Crippen LogP contribution in [0.1, 0.15) is 6.92 Å². The van der Waals surface area contributed by atoms with Crippen molar-refractivity contribution in [3.63, 3.8) is 0 Å². The van der Waals surface area contributed by atoms with Crippen molar-refractivity contribution >= 4 is 26.5 Å². The second kappa shape index (κ2) is 3.38. The molecule has 12 heavy (non-hydrogen) atoms. The van der Waals surface area contributed by atoms with Gasteiger partial charge in [0.25, 0.3) is 0 Å². The predicted octanol–water partition coefficient (Wildman–Crippen LogP) is 1.16. The topological polar surface area (TPSA) is 6.48 Å². The highest BCUT2D eigenvalue weighted by Gasteiger charge is 2.52. The maximum atomic E-state index is 2.97. The predicted molar refractivity (Wildman–Crippen MR) is 63.6 cm³/mol. The third-order valence-electron chi connectivity index (χ3n) is 3.09. The highest BCUT2D eigenvalue weighted by atomic mass is 28.5. The molecule has 1 rings (SSSR count). The molecule has 2 nitrogen and oxygen atoms in total. The molecule has 1 fully saturated rings. The minimum Gasteiger partial charge on any atom is -0.350 e. The van der Waals surface area contributed by atoms with Gasteiger partial charge in [0.2, 0.25) is 0 Å². The summed E-state index contributed by atoms with van der Waals surface area (Å²) >= 11 is 0. The number of nitrogens with zero attached hydrogens (tertiary/aromatic N) is 2. The third kappa shape index (κ3) is 1.37. The van der Waals surface area contributed by atoms with Gasteiger partial charge in [-0.25, -0.2) is 0 Å². The van der Waals surface area contributed by atoms with Crippen molar-refractivity contribution in [1.29, 1.82) is 0 Å². The molecule has 0 spiro atoms. The van der Waals surface area contributed by atoms with Crippen LogP contribution < -0.4 is 0 Å². The van der Waals surface area contributed by atoms with Crippen LogP contribution in [0, 0.1) is 0 Å². The van der Waals surface area contributed by atoms with E-state index in [0.29, 0.717) is 0 Å². The van der Waals surface area contributed by atoms with E-state index in [-0.39, 0.29) is 0 Å². The van der Waals surface area contributed by atoms with Crippen molar-refractivity contribution in [3.05, 3.63) is 0 Å². The van der Waals surface area contributed by atoms with Gasteiger partial charge >= 0.3 is 0 Å². The van der Waals surface area contributed by atoms with Gasteiger partial charge in [0.1, 0.15) is 0 Å². The van der Waals surface area contributed by atoms with Crippen molar-refractivity contribution < 1.29 is 0 Å². The van der Waals surface area contributed by atoms with Crippen molar-refractivity contribution in [2.75, 3.05) is 6.54 Å². The number of rotatable bonds is 2. The van der Waals surface area contributed by atoms with Gasteiger partial charge in [0.05, 0.1) is 8.96 Å². The summed E-state index contributed by atoms with van der Waals surface area (Å²) in [6.07, 6.45) is 0. The molecule has 0 aliphatic carbocycles. The average molecular weight is 219 g/mol. The van der Waals surface area contributed by atoms with E-state index >= 15 is 0 Å². The molecule has 1 heterocycles. The molecule has 1 saturated heterocycles. The molecular formula is C7H22N2Si3.